The molecule has 0 fully saturated rings. The number of aliphatic hydroxyl groups is 1. The smallest absolute Gasteiger partial charge is 0.120 e. The van der Waals surface area contributed by atoms with Gasteiger partial charge in [0.15, 0.2) is 0 Å². The van der Waals surface area contributed by atoms with E-state index in [0.29, 0.717) is 6.42 Å². The first-order valence-corrected chi connectivity index (χ1v) is 7.44. The molecule has 1 aromatic rings. The van der Waals surface area contributed by atoms with Crippen molar-refractivity contribution in [3.63, 3.8) is 0 Å². The molecule has 0 radical (unpaired) electrons. The predicted octanol–water partition coefficient (Wildman–Crippen LogP) is 3.27. The van der Waals surface area contributed by atoms with Crippen molar-refractivity contribution in [2.75, 3.05) is 20.6 Å². The van der Waals surface area contributed by atoms with Crippen LogP contribution in [0.5, 0.6) is 5.75 Å². The Morgan fingerprint density at radius 2 is 1.90 bits per heavy atom. The second-order valence-corrected chi connectivity index (χ2v) is 6.14. The van der Waals surface area contributed by atoms with E-state index in [1.165, 1.54) is 0 Å². The molecule has 0 heterocycles. The van der Waals surface area contributed by atoms with Crippen molar-refractivity contribution in [3.8, 4) is 5.75 Å². The van der Waals surface area contributed by atoms with Gasteiger partial charge in [0.05, 0.1) is 11.7 Å². The summed E-state index contributed by atoms with van der Waals surface area (Å²) in [7, 11) is 4.07. The summed E-state index contributed by atoms with van der Waals surface area (Å²) in [6.45, 7) is 8.99. The van der Waals surface area contributed by atoms with Crippen LogP contribution < -0.4 is 4.74 Å². The first-order valence-electron chi connectivity index (χ1n) is 7.44. The van der Waals surface area contributed by atoms with Crippen LogP contribution in [-0.4, -0.2) is 36.8 Å². The van der Waals surface area contributed by atoms with Gasteiger partial charge < -0.3 is 14.7 Å². The Morgan fingerprint density at radius 3 is 2.40 bits per heavy atom. The van der Waals surface area contributed by atoms with Gasteiger partial charge in [0.2, 0.25) is 0 Å². The van der Waals surface area contributed by atoms with E-state index >= 15 is 0 Å². The van der Waals surface area contributed by atoms with Crippen LogP contribution in [0.15, 0.2) is 24.3 Å². The van der Waals surface area contributed by atoms with Crippen LogP contribution in [0.3, 0.4) is 0 Å². The van der Waals surface area contributed by atoms with Gasteiger partial charge in [-0.1, -0.05) is 26.0 Å². The molecule has 2 atom stereocenters. The van der Waals surface area contributed by atoms with Crippen molar-refractivity contribution >= 4 is 0 Å². The van der Waals surface area contributed by atoms with Crippen molar-refractivity contribution in [1.82, 2.24) is 4.90 Å². The summed E-state index contributed by atoms with van der Waals surface area (Å²) < 4.78 is 5.73. The fourth-order valence-corrected chi connectivity index (χ4v) is 2.65. The highest BCUT2D eigenvalue weighted by molar-refractivity contribution is 5.33. The zero-order valence-corrected chi connectivity index (χ0v) is 13.7. The molecule has 0 saturated carbocycles. The van der Waals surface area contributed by atoms with E-state index in [9.17, 15) is 5.11 Å². The molecule has 3 heteroatoms. The Morgan fingerprint density at radius 1 is 1.25 bits per heavy atom. The predicted molar refractivity (Wildman–Crippen MR) is 84.1 cm³/mol. The maximum atomic E-state index is 11.1. The quantitative estimate of drug-likeness (QED) is 0.831. The molecule has 0 aliphatic rings. The molecule has 0 saturated heterocycles. The minimum absolute atomic E-state index is 0.138. The highest BCUT2D eigenvalue weighted by atomic mass is 16.5. The van der Waals surface area contributed by atoms with Crippen LogP contribution in [0.2, 0.25) is 0 Å². The van der Waals surface area contributed by atoms with E-state index in [1.54, 1.807) is 0 Å². The van der Waals surface area contributed by atoms with Gasteiger partial charge in [-0.3, -0.25) is 0 Å². The van der Waals surface area contributed by atoms with Crippen molar-refractivity contribution in [3.05, 3.63) is 29.8 Å². The van der Waals surface area contributed by atoms with E-state index in [0.717, 1.165) is 17.9 Å². The van der Waals surface area contributed by atoms with Gasteiger partial charge in [-0.05, 0) is 52.1 Å². The largest absolute Gasteiger partial charge is 0.491 e. The molecule has 1 rings (SSSR count). The van der Waals surface area contributed by atoms with Crippen molar-refractivity contribution in [2.24, 2.45) is 5.92 Å². The van der Waals surface area contributed by atoms with Gasteiger partial charge in [-0.15, -0.1) is 0 Å². The third-order valence-corrected chi connectivity index (χ3v) is 3.70. The summed E-state index contributed by atoms with van der Waals surface area (Å²) in [5, 5.41) is 11.1. The van der Waals surface area contributed by atoms with Gasteiger partial charge in [0, 0.05) is 12.5 Å². The van der Waals surface area contributed by atoms with Crippen LogP contribution in [0, 0.1) is 5.92 Å². The lowest BCUT2D eigenvalue weighted by Gasteiger charge is -2.35. The Hall–Kier alpha value is -1.06. The van der Waals surface area contributed by atoms with Crippen LogP contribution >= 0.6 is 0 Å². The molecule has 1 N–H and O–H groups in total. The van der Waals surface area contributed by atoms with Gasteiger partial charge in [-0.25, -0.2) is 0 Å². The van der Waals surface area contributed by atoms with Crippen LogP contribution in [0.1, 0.15) is 39.7 Å². The molecule has 0 amide bonds. The number of hydrogen-bond donors (Lipinski definition) is 1. The van der Waals surface area contributed by atoms with E-state index in [4.69, 9.17) is 4.74 Å². The summed E-state index contributed by atoms with van der Waals surface area (Å²) in [5.41, 5.74) is 0.119. The van der Waals surface area contributed by atoms with Gasteiger partial charge >= 0.3 is 0 Å². The average molecular weight is 279 g/mol. The summed E-state index contributed by atoms with van der Waals surface area (Å²) in [6, 6.07) is 7.85. The zero-order chi connectivity index (χ0) is 15.3. The normalized spacial score (nSPS) is 16.2. The maximum Gasteiger partial charge on any atom is 0.120 e. The minimum atomic E-state index is -0.819. The molecule has 0 aromatic heterocycles. The van der Waals surface area contributed by atoms with Crippen LogP contribution in [0.4, 0.5) is 0 Å². The highest BCUT2D eigenvalue weighted by Crippen LogP contribution is 2.35. The third kappa shape index (κ3) is 4.22. The number of hydrogen-bond acceptors (Lipinski definition) is 3. The Balaban J connectivity index is 3.04. The summed E-state index contributed by atoms with van der Waals surface area (Å²) in [5.74, 6) is 0.971. The maximum absolute atomic E-state index is 11.1. The second-order valence-electron chi connectivity index (χ2n) is 6.14. The van der Waals surface area contributed by atoms with E-state index in [2.05, 4.69) is 11.8 Å². The molecule has 114 valence electrons. The van der Waals surface area contributed by atoms with Gasteiger partial charge in [-0.2, -0.15) is 0 Å². The summed E-state index contributed by atoms with van der Waals surface area (Å²) >= 11 is 0. The molecule has 0 bridgehead atoms. The third-order valence-electron chi connectivity index (χ3n) is 3.70. The highest BCUT2D eigenvalue weighted by Gasteiger charge is 2.34. The Bertz CT molecular complexity index is 417. The molecule has 20 heavy (non-hydrogen) atoms. The van der Waals surface area contributed by atoms with Crippen LogP contribution in [0.25, 0.3) is 0 Å². The van der Waals surface area contributed by atoms with Crippen molar-refractivity contribution in [1.29, 1.82) is 0 Å². The second kappa shape index (κ2) is 7.09. The Kier molecular flexibility index (Phi) is 6.03. The van der Waals surface area contributed by atoms with Crippen LogP contribution in [-0.2, 0) is 5.60 Å². The average Bonchev–Trinajstić information content (AvgIpc) is 2.36. The fraction of sp³-hybridized carbons (Fsp3) is 0.647. The molecule has 0 spiro atoms. The number of nitrogens with zero attached hydrogens (tertiary/aromatic N) is 1. The first kappa shape index (κ1) is 17.0. The monoisotopic (exact) mass is 279 g/mol. The van der Waals surface area contributed by atoms with Gasteiger partial charge in [0.25, 0.3) is 0 Å². The minimum Gasteiger partial charge on any atom is -0.491 e. The number of rotatable bonds is 7. The van der Waals surface area contributed by atoms with E-state index in [1.807, 2.05) is 59.1 Å². The van der Waals surface area contributed by atoms with Crippen molar-refractivity contribution < 1.29 is 9.84 Å². The lowest BCUT2D eigenvalue weighted by Crippen LogP contribution is -2.38. The standard InChI is InChI=1S/C17H29NO2/c1-7-17(19,14(4)12-18(5)6)15-9-8-10-16(11-15)20-13(2)3/h8-11,13-14,19H,7,12H2,1-6H3. The molecule has 0 aliphatic carbocycles. The fourth-order valence-electron chi connectivity index (χ4n) is 2.65. The summed E-state index contributed by atoms with van der Waals surface area (Å²) in [6.07, 6.45) is 0.826. The van der Waals surface area contributed by atoms with E-state index in [-0.39, 0.29) is 12.0 Å². The lowest BCUT2D eigenvalue weighted by molar-refractivity contribution is -0.0293. The number of benzene rings is 1. The summed E-state index contributed by atoms with van der Waals surface area (Å²) in [4.78, 5) is 2.11. The zero-order valence-electron chi connectivity index (χ0n) is 13.7. The van der Waals surface area contributed by atoms with Crippen molar-refractivity contribution in [2.45, 2.75) is 45.8 Å². The Labute approximate surface area is 123 Å². The molecule has 1 aromatic carbocycles. The molecule has 3 nitrogen and oxygen atoms in total. The van der Waals surface area contributed by atoms with E-state index < -0.39 is 5.60 Å². The van der Waals surface area contributed by atoms with Gasteiger partial charge in [0.1, 0.15) is 5.75 Å². The number of ether oxygens (including phenoxy) is 1. The topological polar surface area (TPSA) is 32.7 Å². The molecule has 2 unspecified atom stereocenters. The first-order chi connectivity index (χ1) is 9.29. The molecular formula is C17H29NO2. The molecule has 0 aliphatic heterocycles. The SMILES string of the molecule is CCC(O)(c1cccc(OC(C)C)c1)C(C)CN(C)C. The molecular weight excluding hydrogens is 250 g/mol. The lowest BCUT2D eigenvalue weighted by atomic mass is 9.80.